The lowest BCUT2D eigenvalue weighted by molar-refractivity contribution is 0.121. The van der Waals surface area contributed by atoms with Gasteiger partial charge in [0.25, 0.3) is 0 Å². The molecule has 0 heterocycles. The van der Waals surface area contributed by atoms with Crippen LogP contribution < -0.4 is 10.1 Å². The molecule has 0 aliphatic carbocycles. The molecule has 0 aliphatic rings. The Morgan fingerprint density at radius 3 is 2.00 bits per heavy atom. The maximum atomic E-state index is 10.9. The molecule has 0 atom stereocenters. The van der Waals surface area contributed by atoms with Crippen molar-refractivity contribution in [2.45, 2.75) is 6.92 Å². The number of ether oxygens (including phenoxy) is 2. The van der Waals surface area contributed by atoms with Crippen LogP contribution in [0.4, 0.5) is 16.2 Å². The Hall–Kier alpha value is -2.49. The molecule has 0 aliphatic heterocycles. The summed E-state index contributed by atoms with van der Waals surface area (Å²) in [6.45, 7) is 2.04. The fourth-order valence-electron chi connectivity index (χ4n) is 1.55. The number of carbonyl (C=O) groups is 1. The normalized spacial score (nSPS) is 9.79. The second kappa shape index (κ2) is 5.91. The zero-order chi connectivity index (χ0) is 13.7. The number of nitrogens with one attached hydrogen (secondary N) is 1. The average Bonchev–Trinajstić information content (AvgIpc) is 2.43. The van der Waals surface area contributed by atoms with Crippen molar-refractivity contribution in [1.82, 2.24) is 0 Å². The van der Waals surface area contributed by atoms with E-state index in [9.17, 15) is 4.79 Å². The highest BCUT2D eigenvalue weighted by atomic mass is 16.7. The molecule has 0 saturated carbocycles. The molecule has 1 N–H and O–H groups in total. The van der Waals surface area contributed by atoms with Crippen LogP contribution >= 0.6 is 0 Å². The van der Waals surface area contributed by atoms with Crippen LogP contribution in [-0.4, -0.2) is 13.3 Å². The molecule has 0 unspecified atom stereocenters. The summed E-state index contributed by atoms with van der Waals surface area (Å²) in [5.74, 6) is 0.446. The summed E-state index contributed by atoms with van der Waals surface area (Å²) in [6, 6.07) is 15.2. The van der Waals surface area contributed by atoms with Crippen molar-refractivity contribution in [2.75, 3.05) is 12.4 Å². The first kappa shape index (κ1) is 13.0. The number of aryl methyl sites for hydroxylation is 1. The molecule has 0 saturated heterocycles. The summed E-state index contributed by atoms with van der Waals surface area (Å²) in [5.41, 5.74) is 3.14. The zero-order valence-corrected chi connectivity index (χ0v) is 10.8. The van der Waals surface area contributed by atoms with Crippen molar-refractivity contribution >= 4 is 17.5 Å². The Morgan fingerprint density at radius 1 is 0.947 bits per heavy atom. The van der Waals surface area contributed by atoms with Gasteiger partial charge in [-0.25, -0.2) is 4.79 Å². The van der Waals surface area contributed by atoms with E-state index in [1.807, 2.05) is 43.3 Å². The SMILES string of the molecule is COC(=O)Oc1ccc(Nc2ccc(C)cc2)cc1. The lowest BCUT2D eigenvalue weighted by Gasteiger charge is -2.08. The first-order valence-electron chi connectivity index (χ1n) is 5.87. The van der Waals surface area contributed by atoms with Gasteiger partial charge in [0, 0.05) is 11.4 Å². The molecule has 19 heavy (non-hydrogen) atoms. The number of anilines is 2. The predicted molar refractivity (Wildman–Crippen MR) is 73.9 cm³/mol. The van der Waals surface area contributed by atoms with Crippen LogP contribution in [0.5, 0.6) is 5.75 Å². The topological polar surface area (TPSA) is 47.6 Å². The van der Waals surface area contributed by atoms with E-state index in [0.717, 1.165) is 11.4 Å². The molecule has 4 heteroatoms. The van der Waals surface area contributed by atoms with Gasteiger partial charge in [-0.05, 0) is 43.3 Å². The molecule has 0 radical (unpaired) electrons. The van der Waals surface area contributed by atoms with Gasteiger partial charge in [0.15, 0.2) is 0 Å². The Bertz CT molecular complexity index is 547. The number of rotatable bonds is 3. The van der Waals surface area contributed by atoms with Crippen LogP contribution in [0.25, 0.3) is 0 Å². The highest BCUT2D eigenvalue weighted by molar-refractivity contribution is 5.65. The standard InChI is InChI=1S/C15H15NO3/c1-11-3-5-12(6-4-11)16-13-7-9-14(10-8-13)19-15(17)18-2/h3-10,16H,1-2H3. The summed E-state index contributed by atoms with van der Waals surface area (Å²) < 4.78 is 9.31. The third-order valence-electron chi connectivity index (χ3n) is 2.56. The van der Waals surface area contributed by atoms with Gasteiger partial charge in [-0.3, -0.25) is 0 Å². The van der Waals surface area contributed by atoms with Crippen LogP contribution in [0.3, 0.4) is 0 Å². The largest absolute Gasteiger partial charge is 0.513 e. The van der Waals surface area contributed by atoms with E-state index in [4.69, 9.17) is 4.74 Å². The fourth-order valence-corrected chi connectivity index (χ4v) is 1.55. The predicted octanol–water partition coefficient (Wildman–Crippen LogP) is 3.88. The van der Waals surface area contributed by atoms with Crippen molar-refractivity contribution < 1.29 is 14.3 Å². The van der Waals surface area contributed by atoms with E-state index in [1.165, 1.54) is 12.7 Å². The van der Waals surface area contributed by atoms with Gasteiger partial charge in [0.1, 0.15) is 5.75 Å². The van der Waals surface area contributed by atoms with E-state index < -0.39 is 6.16 Å². The number of benzene rings is 2. The van der Waals surface area contributed by atoms with Crippen molar-refractivity contribution in [1.29, 1.82) is 0 Å². The number of carbonyl (C=O) groups excluding carboxylic acids is 1. The van der Waals surface area contributed by atoms with Crippen molar-refractivity contribution in [2.24, 2.45) is 0 Å². The lowest BCUT2D eigenvalue weighted by Crippen LogP contribution is -2.07. The number of hydrogen-bond donors (Lipinski definition) is 1. The van der Waals surface area contributed by atoms with Crippen molar-refractivity contribution in [3.63, 3.8) is 0 Å². The molecular weight excluding hydrogens is 242 g/mol. The third-order valence-corrected chi connectivity index (χ3v) is 2.56. The first-order chi connectivity index (χ1) is 9.17. The minimum absolute atomic E-state index is 0.446. The van der Waals surface area contributed by atoms with Crippen LogP contribution in [0.15, 0.2) is 48.5 Å². The molecule has 4 nitrogen and oxygen atoms in total. The van der Waals surface area contributed by atoms with Crippen molar-refractivity contribution in [3.05, 3.63) is 54.1 Å². The van der Waals surface area contributed by atoms with Gasteiger partial charge in [0.05, 0.1) is 7.11 Å². The Kier molecular flexibility index (Phi) is 4.03. The molecule has 2 aromatic carbocycles. The molecule has 0 aromatic heterocycles. The Morgan fingerprint density at radius 2 is 1.47 bits per heavy atom. The minimum Gasteiger partial charge on any atom is -0.437 e. The second-order valence-electron chi connectivity index (χ2n) is 4.07. The minimum atomic E-state index is -0.723. The van der Waals surface area contributed by atoms with E-state index in [2.05, 4.69) is 10.1 Å². The summed E-state index contributed by atoms with van der Waals surface area (Å²) in [6.07, 6.45) is -0.723. The molecule has 0 fully saturated rings. The quantitative estimate of drug-likeness (QED) is 0.669. The van der Waals surface area contributed by atoms with Crippen LogP contribution in [0, 0.1) is 6.92 Å². The zero-order valence-electron chi connectivity index (χ0n) is 10.8. The maximum absolute atomic E-state index is 10.9. The summed E-state index contributed by atoms with van der Waals surface area (Å²) in [7, 11) is 1.27. The van der Waals surface area contributed by atoms with Crippen LogP contribution in [0.1, 0.15) is 5.56 Å². The third kappa shape index (κ3) is 3.74. The number of hydrogen-bond acceptors (Lipinski definition) is 4. The smallest absolute Gasteiger partial charge is 0.437 e. The van der Waals surface area contributed by atoms with Gasteiger partial charge in [-0.1, -0.05) is 17.7 Å². The average molecular weight is 257 g/mol. The van der Waals surface area contributed by atoms with Gasteiger partial charge < -0.3 is 14.8 Å². The van der Waals surface area contributed by atoms with Gasteiger partial charge in [-0.2, -0.15) is 0 Å². The van der Waals surface area contributed by atoms with Gasteiger partial charge >= 0.3 is 6.16 Å². The highest BCUT2D eigenvalue weighted by Crippen LogP contribution is 2.20. The monoisotopic (exact) mass is 257 g/mol. The Labute approximate surface area is 112 Å². The first-order valence-corrected chi connectivity index (χ1v) is 5.87. The maximum Gasteiger partial charge on any atom is 0.513 e. The summed E-state index contributed by atoms with van der Waals surface area (Å²) in [5, 5.41) is 3.25. The molecular formula is C15H15NO3. The number of methoxy groups -OCH3 is 1. The van der Waals surface area contributed by atoms with E-state index >= 15 is 0 Å². The van der Waals surface area contributed by atoms with Crippen LogP contribution in [0.2, 0.25) is 0 Å². The molecule has 2 aromatic rings. The molecule has 0 spiro atoms. The molecule has 0 amide bonds. The highest BCUT2D eigenvalue weighted by Gasteiger charge is 2.03. The van der Waals surface area contributed by atoms with E-state index in [1.54, 1.807) is 12.1 Å². The summed E-state index contributed by atoms with van der Waals surface area (Å²) in [4.78, 5) is 10.9. The summed E-state index contributed by atoms with van der Waals surface area (Å²) >= 11 is 0. The molecule has 2 rings (SSSR count). The fraction of sp³-hybridized carbons (Fsp3) is 0.133. The van der Waals surface area contributed by atoms with Gasteiger partial charge in [-0.15, -0.1) is 0 Å². The van der Waals surface area contributed by atoms with Gasteiger partial charge in [0.2, 0.25) is 0 Å². The van der Waals surface area contributed by atoms with Crippen molar-refractivity contribution in [3.8, 4) is 5.75 Å². The molecule has 0 bridgehead atoms. The lowest BCUT2D eigenvalue weighted by atomic mass is 10.2. The second-order valence-corrected chi connectivity index (χ2v) is 4.07. The molecule has 98 valence electrons. The Balaban J connectivity index is 2.02. The van der Waals surface area contributed by atoms with E-state index in [0.29, 0.717) is 5.75 Å². The van der Waals surface area contributed by atoms with Crippen LogP contribution in [-0.2, 0) is 4.74 Å². The van der Waals surface area contributed by atoms with E-state index in [-0.39, 0.29) is 0 Å².